The lowest BCUT2D eigenvalue weighted by Gasteiger charge is -2.08. The van der Waals surface area contributed by atoms with E-state index in [4.69, 9.17) is 9.47 Å². The first-order chi connectivity index (χ1) is 12.0. The molecule has 0 heterocycles. The highest BCUT2D eigenvalue weighted by Gasteiger charge is 2.10. The molecule has 0 saturated heterocycles. The SMILES string of the molecule is COc1ccc(CC(=O)OCC(=O)Nc2cccc(C(C)=O)c2)cc1. The van der Waals surface area contributed by atoms with Gasteiger partial charge in [-0.1, -0.05) is 24.3 Å². The number of Topliss-reactive ketones (excluding diaryl/α,β-unsaturated/α-hetero) is 1. The van der Waals surface area contributed by atoms with Crippen LogP contribution in [0.2, 0.25) is 0 Å². The lowest BCUT2D eigenvalue weighted by atomic mass is 10.1. The molecule has 0 fully saturated rings. The van der Waals surface area contributed by atoms with Crippen LogP contribution in [0.4, 0.5) is 5.69 Å². The van der Waals surface area contributed by atoms with Gasteiger partial charge >= 0.3 is 5.97 Å². The second kappa shape index (κ2) is 8.63. The molecule has 6 nitrogen and oxygen atoms in total. The van der Waals surface area contributed by atoms with Crippen molar-refractivity contribution in [1.29, 1.82) is 0 Å². The molecular formula is C19H19NO5. The van der Waals surface area contributed by atoms with E-state index in [0.717, 1.165) is 5.56 Å². The topological polar surface area (TPSA) is 81.7 Å². The summed E-state index contributed by atoms with van der Waals surface area (Å²) in [7, 11) is 1.56. The van der Waals surface area contributed by atoms with Crippen LogP contribution in [0.3, 0.4) is 0 Å². The molecule has 2 rings (SSSR count). The maximum Gasteiger partial charge on any atom is 0.310 e. The standard InChI is InChI=1S/C19H19NO5/c1-13(21)15-4-3-5-16(11-15)20-18(22)12-25-19(23)10-14-6-8-17(24-2)9-7-14/h3-9,11H,10,12H2,1-2H3,(H,20,22). The monoisotopic (exact) mass is 341 g/mol. The molecule has 0 atom stereocenters. The fraction of sp³-hybridized carbons (Fsp3) is 0.211. The Morgan fingerprint density at radius 2 is 1.76 bits per heavy atom. The maximum absolute atomic E-state index is 11.8. The van der Waals surface area contributed by atoms with E-state index in [1.54, 1.807) is 55.6 Å². The van der Waals surface area contributed by atoms with Crippen LogP contribution < -0.4 is 10.1 Å². The fourth-order valence-electron chi connectivity index (χ4n) is 2.12. The first kappa shape index (κ1) is 18.2. The summed E-state index contributed by atoms with van der Waals surface area (Å²) in [6, 6.07) is 13.6. The van der Waals surface area contributed by atoms with Crippen LogP contribution in [0.25, 0.3) is 0 Å². The number of esters is 1. The first-order valence-electron chi connectivity index (χ1n) is 7.67. The molecule has 0 radical (unpaired) electrons. The zero-order chi connectivity index (χ0) is 18.2. The highest BCUT2D eigenvalue weighted by Crippen LogP contribution is 2.13. The third-order valence-electron chi connectivity index (χ3n) is 3.42. The van der Waals surface area contributed by atoms with Crippen molar-refractivity contribution in [3.05, 3.63) is 59.7 Å². The van der Waals surface area contributed by atoms with Gasteiger partial charge in [0.25, 0.3) is 5.91 Å². The molecule has 0 unspecified atom stereocenters. The molecule has 0 saturated carbocycles. The van der Waals surface area contributed by atoms with Gasteiger partial charge in [-0.2, -0.15) is 0 Å². The number of carbonyl (C=O) groups is 3. The molecule has 0 aliphatic rings. The van der Waals surface area contributed by atoms with Gasteiger partial charge in [0.1, 0.15) is 5.75 Å². The summed E-state index contributed by atoms with van der Waals surface area (Å²) in [5.74, 6) is -0.368. The maximum atomic E-state index is 11.8. The molecule has 130 valence electrons. The smallest absolute Gasteiger partial charge is 0.310 e. The number of rotatable bonds is 7. The number of hydrogen-bond donors (Lipinski definition) is 1. The van der Waals surface area contributed by atoms with Crippen molar-refractivity contribution in [3.63, 3.8) is 0 Å². The van der Waals surface area contributed by atoms with Gasteiger partial charge in [0.05, 0.1) is 13.5 Å². The van der Waals surface area contributed by atoms with Gasteiger partial charge in [0.15, 0.2) is 12.4 Å². The molecule has 0 aliphatic heterocycles. The molecular weight excluding hydrogens is 322 g/mol. The number of amides is 1. The predicted octanol–water partition coefficient (Wildman–Crippen LogP) is 2.62. The number of nitrogens with one attached hydrogen (secondary N) is 1. The van der Waals surface area contributed by atoms with E-state index in [1.165, 1.54) is 6.92 Å². The molecule has 1 amide bonds. The summed E-state index contributed by atoms with van der Waals surface area (Å²) in [6.45, 7) is 1.06. The normalized spacial score (nSPS) is 10.0. The molecule has 0 bridgehead atoms. The van der Waals surface area contributed by atoms with Crippen molar-refractivity contribution in [2.45, 2.75) is 13.3 Å². The Morgan fingerprint density at radius 1 is 1.04 bits per heavy atom. The molecule has 1 N–H and O–H groups in total. The van der Waals surface area contributed by atoms with Crippen molar-refractivity contribution >= 4 is 23.3 Å². The van der Waals surface area contributed by atoms with Crippen LogP contribution in [-0.4, -0.2) is 31.4 Å². The molecule has 0 aromatic heterocycles. The van der Waals surface area contributed by atoms with Crippen LogP contribution in [-0.2, 0) is 20.7 Å². The van der Waals surface area contributed by atoms with E-state index >= 15 is 0 Å². The van der Waals surface area contributed by atoms with Crippen LogP contribution in [0, 0.1) is 0 Å². The van der Waals surface area contributed by atoms with E-state index in [9.17, 15) is 14.4 Å². The minimum atomic E-state index is -0.502. The van der Waals surface area contributed by atoms with E-state index in [1.807, 2.05) is 0 Å². The summed E-state index contributed by atoms with van der Waals surface area (Å²) in [6.07, 6.45) is 0.0666. The second-order valence-corrected chi connectivity index (χ2v) is 5.37. The summed E-state index contributed by atoms with van der Waals surface area (Å²) >= 11 is 0. The second-order valence-electron chi connectivity index (χ2n) is 5.37. The Balaban J connectivity index is 1.81. The minimum Gasteiger partial charge on any atom is -0.497 e. The van der Waals surface area contributed by atoms with E-state index in [0.29, 0.717) is 17.0 Å². The van der Waals surface area contributed by atoms with E-state index in [2.05, 4.69) is 5.32 Å². The van der Waals surface area contributed by atoms with Crippen LogP contribution in [0.15, 0.2) is 48.5 Å². The number of methoxy groups -OCH3 is 1. The Kier molecular flexibility index (Phi) is 6.28. The van der Waals surface area contributed by atoms with Crippen molar-refractivity contribution in [2.24, 2.45) is 0 Å². The molecule has 2 aromatic carbocycles. The summed E-state index contributed by atoms with van der Waals surface area (Å²) < 4.78 is 10.0. The van der Waals surface area contributed by atoms with Gasteiger partial charge in [0, 0.05) is 11.3 Å². The molecule has 6 heteroatoms. The molecule has 2 aromatic rings. The van der Waals surface area contributed by atoms with E-state index in [-0.39, 0.29) is 18.8 Å². The Hall–Kier alpha value is -3.15. The number of benzene rings is 2. The van der Waals surface area contributed by atoms with Gasteiger partial charge in [-0.15, -0.1) is 0 Å². The number of carbonyl (C=O) groups excluding carboxylic acids is 3. The average Bonchev–Trinajstić information content (AvgIpc) is 2.61. The lowest BCUT2D eigenvalue weighted by molar-refractivity contribution is -0.146. The Bertz CT molecular complexity index is 768. The average molecular weight is 341 g/mol. The Labute approximate surface area is 145 Å². The van der Waals surface area contributed by atoms with Crippen LogP contribution in [0.5, 0.6) is 5.75 Å². The highest BCUT2D eigenvalue weighted by molar-refractivity contribution is 5.97. The van der Waals surface area contributed by atoms with Crippen molar-refractivity contribution in [3.8, 4) is 5.75 Å². The van der Waals surface area contributed by atoms with Crippen molar-refractivity contribution in [1.82, 2.24) is 0 Å². The third kappa shape index (κ3) is 5.76. The number of ether oxygens (including phenoxy) is 2. The molecule has 0 aliphatic carbocycles. The zero-order valence-corrected chi connectivity index (χ0v) is 14.1. The Morgan fingerprint density at radius 3 is 2.40 bits per heavy atom. The summed E-state index contributed by atoms with van der Waals surface area (Å²) in [5.41, 5.74) is 1.73. The number of hydrogen-bond acceptors (Lipinski definition) is 5. The van der Waals surface area contributed by atoms with Gasteiger partial charge in [-0.05, 0) is 36.8 Å². The largest absolute Gasteiger partial charge is 0.497 e. The summed E-state index contributed by atoms with van der Waals surface area (Å²) in [4.78, 5) is 35.0. The molecule has 0 spiro atoms. The van der Waals surface area contributed by atoms with E-state index < -0.39 is 11.9 Å². The van der Waals surface area contributed by atoms with Gasteiger partial charge < -0.3 is 14.8 Å². The van der Waals surface area contributed by atoms with Gasteiger partial charge in [0.2, 0.25) is 0 Å². The van der Waals surface area contributed by atoms with Gasteiger partial charge in [-0.3, -0.25) is 14.4 Å². The highest BCUT2D eigenvalue weighted by atomic mass is 16.5. The van der Waals surface area contributed by atoms with Gasteiger partial charge in [-0.25, -0.2) is 0 Å². The predicted molar refractivity (Wildman–Crippen MR) is 92.7 cm³/mol. The zero-order valence-electron chi connectivity index (χ0n) is 14.1. The number of ketones is 1. The quantitative estimate of drug-likeness (QED) is 0.618. The minimum absolute atomic E-state index is 0.0666. The first-order valence-corrected chi connectivity index (χ1v) is 7.67. The third-order valence-corrected chi connectivity index (χ3v) is 3.42. The fourth-order valence-corrected chi connectivity index (χ4v) is 2.12. The van der Waals surface area contributed by atoms with Crippen molar-refractivity contribution in [2.75, 3.05) is 19.0 Å². The van der Waals surface area contributed by atoms with Crippen LogP contribution in [0.1, 0.15) is 22.8 Å². The van der Waals surface area contributed by atoms with Crippen molar-refractivity contribution < 1.29 is 23.9 Å². The lowest BCUT2D eigenvalue weighted by Crippen LogP contribution is -2.21. The van der Waals surface area contributed by atoms with Crippen LogP contribution >= 0.6 is 0 Å². The summed E-state index contributed by atoms with van der Waals surface area (Å²) in [5, 5.41) is 2.59. The number of anilines is 1. The molecule has 25 heavy (non-hydrogen) atoms.